The third-order valence-corrected chi connectivity index (χ3v) is 5.41. The van der Waals surface area contributed by atoms with Gasteiger partial charge in [-0.25, -0.2) is 4.98 Å². The van der Waals surface area contributed by atoms with Crippen molar-refractivity contribution in [1.29, 1.82) is 0 Å². The fourth-order valence-electron chi connectivity index (χ4n) is 3.74. The summed E-state index contributed by atoms with van der Waals surface area (Å²) in [6.07, 6.45) is 1.70. The van der Waals surface area contributed by atoms with Crippen molar-refractivity contribution >= 4 is 5.96 Å². The minimum Gasteiger partial charge on any atom is -0.444 e. The molecule has 3 aliphatic heterocycles. The zero-order valence-electron chi connectivity index (χ0n) is 16.1. The lowest BCUT2D eigenvalue weighted by molar-refractivity contribution is 0.0154. The first-order valence-corrected chi connectivity index (χ1v) is 9.63. The molecule has 2 N–H and O–H groups in total. The molecule has 0 radical (unpaired) electrons. The van der Waals surface area contributed by atoms with E-state index in [0.717, 1.165) is 30.3 Å². The molecule has 7 heteroatoms. The van der Waals surface area contributed by atoms with Gasteiger partial charge in [-0.1, -0.05) is 17.7 Å². The van der Waals surface area contributed by atoms with Crippen LogP contribution in [-0.2, 0) is 6.54 Å². The van der Waals surface area contributed by atoms with Crippen LogP contribution in [0.25, 0.3) is 11.5 Å². The smallest absolute Gasteiger partial charge is 0.226 e. The van der Waals surface area contributed by atoms with E-state index < -0.39 is 0 Å². The second-order valence-electron chi connectivity index (χ2n) is 7.31. The fourth-order valence-corrected chi connectivity index (χ4v) is 3.74. The summed E-state index contributed by atoms with van der Waals surface area (Å²) in [5.41, 5.74) is 3.08. The number of fused-ring (bicyclic) bond motifs is 3. The van der Waals surface area contributed by atoms with Gasteiger partial charge >= 0.3 is 0 Å². The molecule has 27 heavy (non-hydrogen) atoms. The zero-order valence-corrected chi connectivity index (χ0v) is 16.1. The average Bonchev–Trinajstić information content (AvgIpc) is 3.18. The summed E-state index contributed by atoms with van der Waals surface area (Å²) in [6.45, 7) is 9.47. The van der Waals surface area contributed by atoms with Crippen molar-refractivity contribution in [2.45, 2.75) is 19.5 Å². The van der Waals surface area contributed by atoms with E-state index in [1.807, 2.05) is 12.1 Å². The number of piperazine rings is 3. The highest BCUT2D eigenvalue weighted by Crippen LogP contribution is 2.19. The van der Waals surface area contributed by atoms with Crippen LogP contribution in [-0.4, -0.2) is 73.1 Å². The number of nitrogens with one attached hydrogen (secondary N) is 2. The Morgan fingerprint density at radius 3 is 2.63 bits per heavy atom. The summed E-state index contributed by atoms with van der Waals surface area (Å²) in [7, 11) is 1.80. The molecule has 3 saturated heterocycles. The minimum absolute atomic E-state index is 0.561. The third-order valence-electron chi connectivity index (χ3n) is 5.41. The van der Waals surface area contributed by atoms with E-state index in [2.05, 4.69) is 49.5 Å². The van der Waals surface area contributed by atoms with Crippen molar-refractivity contribution in [1.82, 2.24) is 25.4 Å². The fraction of sp³-hybridized carbons (Fsp3) is 0.500. The van der Waals surface area contributed by atoms with E-state index >= 15 is 0 Å². The quantitative estimate of drug-likeness (QED) is 0.613. The van der Waals surface area contributed by atoms with Crippen LogP contribution in [0.15, 0.2) is 39.9 Å². The summed E-state index contributed by atoms with van der Waals surface area (Å²) < 4.78 is 5.62. The van der Waals surface area contributed by atoms with Gasteiger partial charge in [0.15, 0.2) is 5.96 Å². The molecule has 0 saturated carbocycles. The third kappa shape index (κ3) is 4.31. The molecule has 1 aromatic carbocycles. The molecule has 1 atom stereocenters. The topological polar surface area (TPSA) is 68.9 Å². The largest absolute Gasteiger partial charge is 0.444 e. The van der Waals surface area contributed by atoms with Crippen molar-refractivity contribution < 1.29 is 4.42 Å². The van der Waals surface area contributed by atoms with E-state index in [9.17, 15) is 0 Å². The molecule has 144 valence electrons. The van der Waals surface area contributed by atoms with Gasteiger partial charge in [-0.3, -0.25) is 14.8 Å². The highest BCUT2D eigenvalue weighted by Gasteiger charge is 2.31. The Morgan fingerprint density at radius 2 is 1.96 bits per heavy atom. The number of aromatic nitrogens is 1. The summed E-state index contributed by atoms with van der Waals surface area (Å²) in [5, 5.41) is 6.78. The number of hydrogen-bond donors (Lipinski definition) is 2. The summed E-state index contributed by atoms with van der Waals surface area (Å²) in [4.78, 5) is 14.0. The molecular formula is C20H28N6O. The molecule has 0 aliphatic carbocycles. The average molecular weight is 368 g/mol. The standard InChI is InChI=1S/C20H28N6O/c1-15-3-5-16(6-4-15)19-24-17(14-27-19)11-22-20(21-2)23-12-18-13-25-7-9-26(18)10-8-25/h3-6,14,18H,7-13H2,1-2H3,(H2,21,22,23). The Hall–Kier alpha value is -2.38. The van der Waals surface area contributed by atoms with Gasteiger partial charge in [0.1, 0.15) is 6.26 Å². The van der Waals surface area contributed by atoms with Crippen LogP contribution in [0.4, 0.5) is 0 Å². The van der Waals surface area contributed by atoms with Gasteiger partial charge in [0.2, 0.25) is 5.89 Å². The molecular weight excluding hydrogens is 340 g/mol. The molecule has 0 amide bonds. The Kier molecular flexibility index (Phi) is 5.40. The van der Waals surface area contributed by atoms with Crippen LogP contribution in [0.5, 0.6) is 0 Å². The summed E-state index contributed by atoms with van der Waals surface area (Å²) >= 11 is 0. The molecule has 2 aromatic rings. The van der Waals surface area contributed by atoms with Gasteiger partial charge < -0.3 is 15.1 Å². The lowest BCUT2D eigenvalue weighted by atomic mass is 10.1. The molecule has 7 nitrogen and oxygen atoms in total. The number of benzene rings is 1. The summed E-state index contributed by atoms with van der Waals surface area (Å²) in [6, 6.07) is 8.75. The van der Waals surface area contributed by atoms with E-state index in [4.69, 9.17) is 4.42 Å². The molecule has 1 unspecified atom stereocenters. The lowest BCUT2D eigenvalue weighted by Crippen LogP contribution is -2.63. The van der Waals surface area contributed by atoms with Crippen molar-refractivity contribution in [2.75, 3.05) is 46.3 Å². The molecule has 4 heterocycles. The maximum atomic E-state index is 5.62. The minimum atomic E-state index is 0.561. The Balaban J connectivity index is 1.28. The first-order chi connectivity index (χ1) is 13.2. The zero-order chi connectivity index (χ0) is 18.6. The Morgan fingerprint density at radius 1 is 1.19 bits per heavy atom. The van der Waals surface area contributed by atoms with E-state index in [1.165, 1.54) is 31.7 Å². The van der Waals surface area contributed by atoms with Crippen LogP contribution in [0.1, 0.15) is 11.3 Å². The number of aryl methyl sites for hydroxylation is 1. The van der Waals surface area contributed by atoms with Crippen molar-refractivity contribution in [3.05, 3.63) is 41.8 Å². The van der Waals surface area contributed by atoms with E-state index in [0.29, 0.717) is 18.5 Å². The molecule has 2 bridgehead atoms. The van der Waals surface area contributed by atoms with Gasteiger partial charge in [-0.2, -0.15) is 0 Å². The molecule has 5 rings (SSSR count). The van der Waals surface area contributed by atoms with Crippen molar-refractivity contribution in [3.63, 3.8) is 0 Å². The number of oxazole rings is 1. The molecule has 3 aliphatic rings. The van der Waals surface area contributed by atoms with Gasteiger partial charge in [0.25, 0.3) is 0 Å². The first-order valence-electron chi connectivity index (χ1n) is 9.63. The lowest BCUT2D eigenvalue weighted by Gasteiger charge is -2.47. The normalized spacial score (nSPS) is 24.8. The number of guanidine groups is 1. The van der Waals surface area contributed by atoms with E-state index in [-0.39, 0.29) is 0 Å². The highest BCUT2D eigenvalue weighted by molar-refractivity contribution is 5.79. The highest BCUT2D eigenvalue weighted by atomic mass is 16.3. The molecule has 3 fully saturated rings. The maximum Gasteiger partial charge on any atom is 0.226 e. The van der Waals surface area contributed by atoms with Gasteiger partial charge in [-0.15, -0.1) is 0 Å². The van der Waals surface area contributed by atoms with Crippen LogP contribution in [0, 0.1) is 6.92 Å². The van der Waals surface area contributed by atoms with Gasteiger partial charge in [0.05, 0.1) is 12.2 Å². The molecule has 0 spiro atoms. The number of aliphatic imine (C=N–C) groups is 1. The van der Waals surface area contributed by atoms with Crippen LogP contribution >= 0.6 is 0 Å². The first kappa shape index (κ1) is 18.0. The Labute approximate surface area is 160 Å². The van der Waals surface area contributed by atoms with Crippen LogP contribution in [0.2, 0.25) is 0 Å². The number of rotatable bonds is 5. The molecule has 1 aromatic heterocycles. The van der Waals surface area contributed by atoms with Crippen molar-refractivity contribution in [3.8, 4) is 11.5 Å². The van der Waals surface area contributed by atoms with E-state index in [1.54, 1.807) is 13.3 Å². The predicted molar refractivity (Wildman–Crippen MR) is 107 cm³/mol. The van der Waals surface area contributed by atoms with Crippen molar-refractivity contribution in [2.24, 2.45) is 4.99 Å². The number of nitrogens with zero attached hydrogens (tertiary/aromatic N) is 4. The number of hydrogen-bond acceptors (Lipinski definition) is 5. The van der Waals surface area contributed by atoms with Gasteiger partial charge in [-0.05, 0) is 19.1 Å². The van der Waals surface area contributed by atoms with Crippen LogP contribution < -0.4 is 10.6 Å². The SMILES string of the molecule is CN=C(NCc1coc(-c2ccc(C)cc2)n1)NCC1CN2CCN1CC2. The monoisotopic (exact) mass is 368 g/mol. The van der Waals surface area contributed by atoms with Gasteiger partial charge in [0, 0.05) is 57.9 Å². The second-order valence-corrected chi connectivity index (χ2v) is 7.31. The summed E-state index contributed by atoms with van der Waals surface area (Å²) in [5.74, 6) is 1.45. The maximum absolute atomic E-state index is 5.62. The second kappa shape index (κ2) is 8.10. The predicted octanol–water partition coefficient (Wildman–Crippen LogP) is 1.31. The Bertz CT molecular complexity index is 776. The van der Waals surface area contributed by atoms with Crippen LogP contribution in [0.3, 0.4) is 0 Å².